The van der Waals surface area contributed by atoms with E-state index in [1.165, 1.54) is 0 Å². The zero-order valence-electron chi connectivity index (χ0n) is 14.7. The fraction of sp³-hybridized carbons (Fsp3) is 0.100. The first-order valence-electron chi connectivity index (χ1n) is 8.31. The van der Waals surface area contributed by atoms with E-state index in [1.54, 1.807) is 35.6 Å². The highest BCUT2D eigenvalue weighted by Gasteiger charge is 2.13. The third-order valence-corrected chi connectivity index (χ3v) is 4.59. The number of anilines is 1. The Bertz CT molecular complexity index is 950. The third kappa shape index (κ3) is 5.58. The monoisotopic (exact) mass is 378 g/mol. The number of thiophene rings is 1. The first-order chi connectivity index (χ1) is 13.1. The summed E-state index contributed by atoms with van der Waals surface area (Å²) in [6.45, 7) is 2.33. The van der Waals surface area contributed by atoms with Crippen molar-refractivity contribution in [3.8, 4) is 0 Å². The molecule has 136 valence electrons. The molecule has 2 amide bonds. The molecule has 3 aromatic rings. The van der Waals surface area contributed by atoms with E-state index in [2.05, 4.69) is 20.9 Å². The van der Waals surface area contributed by atoms with Gasteiger partial charge in [-0.15, -0.1) is 11.3 Å². The first-order valence-corrected chi connectivity index (χ1v) is 9.13. The maximum Gasteiger partial charge on any atom is 0.313 e. The largest absolute Gasteiger partial charge is 0.343 e. The molecule has 1 heterocycles. The molecule has 0 atom stereocenters. The molecule has 0 bridgehead atoms. The summed E-state index contributed by atoms with van der Waals surface area (Å²) in [7, 11) is 0. The molecule has 2 N–H and O–H groups in total. The highest BCUT2D eigenvalue weighted by Crippen LogP contribution is 2.20. The van der Waals surface area contributed by atoms with Crippen molar-refractivity contribution in [2.45, 2.75) is 13.5 Å². The van der Waals surface area contributed by atoms with Crippen molar-refractivity contribution in [2.75, 3.05) is 5.32 Å². The molecule has 2 aromatic carbocycles. The van der Waals surface area contributed by atoms with Crippen LogP contribution in [-0.2, 0) is 16.1 Å². The number of nitrogens with zero attached hydrogens (tertiary/aromatic N) is 2. The molecule has 0 radical (unpaired) electrons. The summed E-state index contributed by atoms with van der Waals surface area (Å²) >= 11 is 1.58. The third-order valence-electron chi connectivity index (χ3n) is 3.59. The lowest BCUT2D eigenvalue weighted by atomic mass is 10.3. The Morgan fingerprint density at radius 3 is 2.15 bits per heavy atom. The second kappa shape index (κ2) is 8.86. The van der Waals surface area contributed by atoms with E-state index < -0.39 is 11.8 Å². The van der Waals surface area contributed by atoms with Gasteiger partial charge >= 0.3 is 11.8 Å². The fourth-order valence-corrected chi connectivity index (χ4v) is 3.07. The number of amides is 2. The number of carbonyl (C=O) groups is 2. The standard InChI is InChI=1S/C20H18N4O2S/c1-14-7-12-18(27-14)13-21-19(25)20(26)22-15-8-10-17(11-9-15)24-23-16-5-3-2-4-6-16/h2-12H,13H2,1H3,(H,21,25)(H,22,26). The van der Waals surface area contributed by atoms with Crippen molar-refractivity contribution in [1.29, 1.82) is 0 Å². The lowest BCUT2D eigenvalue weighted by Crippen LogP contribution is -2.34. The summed E-state index contributed by atoms with van der Waals surface area (Å²) in [6, 6.07) is 20.1. The number of rotatable bonds is 5. The minimum atomic E-state index is -0.707. The van der Waals surface area contributed by atoms with E-state index in [0.29, 0.717) is 17.9 Å². The summed E-state index contributed by atoms with van der Waals surface area (Å²) < 4.78 is 0. The van der Waals surface area contributed by atoms with Crippen LogP contribution in [0, 0.1) is 6.92 Å². The smallest absolute Gasteiger partial charge is 0.313 e. The summed E-state index contributed by atoms with van der Waals surface area (Å²) in [6.07, 6.45) is 0. The number of hydrogen-bond acceptors (Lipinski definition) is 5. The molecule has 0 spiro atoms. The van der Waals surface area contributed by atoms with Crippen molar-refractivity contribution in [3.05, 3.63) is 76.5 Å². The number of benzene rings is 2. The van der Waals surface area contributed by atoms with Crippen molar-refractivity contribution in [1.82, 2.24) is 5.32 Å². The van der Waals surface area contributed by atoms with Crippen LogP contribution in [0.5, 0.6) is 0 Å². The quantitative estimate of drug-likeness (QED) is 0.497. The molecule has 7 heteroatoms. The fourth-order valence-electron chi connectivity index (χ4n) is 2.24. The van der Waals surface area contributed by atoms with Gasteiger partial charge in [0.15, 0.2) is 0 Å². The van der Waals surface area contributed by atoms with Crippen LogP contribution < -0.4 is 10.6 Å². The molecule has 0 saturated heterocycles. The Kier molecular flexibility index (Phi) is 6.06. The average molecular weight is 378 g/mol. The van der Waals surface area contributed by atoms with Crippen molar-refractivity contribution < 1.29 is 9.59 Å². The van der Waals surface area contributed by atoms with Crippen LogP contribution in [0.1, 0.15) is 9.75 Å². The number of aryl methyl sites for hydroxylation is 1. The number of carbonyl (C=O) groups excluding carboxylic acids is 2. The Morgan fingerprint density at radius 2 is 1.52 bits per heavy atom. The minimum Gasteiger partial charge on any atom is -0.343 e. The van der Waals surface area contributed by atoms with Crippen LogP contribution in [0.2, 0.25) is 0 Å². The van der Waals surface area contributed by atoms with Gasteiger partial charge in [0.05, 0.1) is 17.9 Å². The van der Waals surface area contributed by atoms with E-state index in [4.69, 9.17) is 0 Å². The molecule has 27 heavy (non-hydrogen) atoms. The Hall–Kier alpha value is -3.32. The van der Waals surface area contributed by atoms with Gasteiger partial charge in [-0.1, -0.05) is 18.2 Å². The molecule has 0 aliphatic heterocycles. The Morgan fingerprint density at radius 1 is 0.852 bits per heavy atom. The van der Waals surface area contributed by atoms with Crippen LogP contribution >= 0.6 is 11.3 Å². The van der Waals surface area contributed by atoms with Gasteiger partial charge in [0.1, 0.15) is 0 Å². The topological polar surface area (TPSA) is 82.9 Å². The zero-order valence-corrected chi connectivity index (χ0v) is 15.5. The van der Waals surface area contributed by atoms with Crippen LogP contribution in [0.15, 0.2) is 77.0 Å². The second-order valence-electron chi connectivity index (χ2n) is 5.73. The Balaban J connectivity index is 1.51. The van der Waals surface area contributed by atoms with Gasteiger partial charge in [-0.2, -0.15) is 10.2 Å². The van der Waals surface area contributed by atoms with Crippen LogP contribution in [-0.4, -0.2) is 11.8 Å². The summed E-state index contributed by atoms with van der Waals surface area (Å²) in [5.41, 5.74) is 1.92. The molecule has 0 aliphatic carbocycles. The molecule has 1 aromatic heterocycles. The molecule has 0 unspecified atom stereocenters. The van der Waals surface area contributed by atoms with Gasteiger partial charge in [-0.25, -0.2) is 0 Å². The SMILES string of the molecule is Cc1ccc(CNC(=O)C(=O)Nc2ccc(N=Nc3ccccc3)cc2)s1. The maximum absolute atomic E-state index is 12.0. The predicted octanol–water partition coefficient (Wildman–Crippen LogP) is 4.73. The van der Waals surface area contributed by atoms with Crippen LogP contribution in [0.4, 0.5) is 17.1 Å². The first kappa shape index (κ1) is 18.5. The van der Waals surface area contributed by atoms with Gasteiger partial charge in [0.2, 0.25) is 0 Å². The van der Waals surface area contributed by atoms with E-state index in [9.17, 15) is 9.59 Å². The van der Waals surface area contributed by atoms with E-state index >= 15 is 0 Å². The van der Waals surface area contributed by atoms with E-state index in [0.717, 1.165) is 15.4 Å². The zero-order chi connectivity index (χ0) is 19.1. The average Bonchev–Trinajstić information content (AvgIpc) is 3.11. The number of azo groups is 1. The van der Waals surface area contributed by atoms with Crippen LogP contribution in [0.25, 0.3) is 0 Å². The molecule has 0 aliphatic rings. The van der Waals surface area contributed by atoms with Gasteiger partial charge in [0.25, 0.3) is 0 Å². The summed E-state index contributed by atoms with van der Waals surface area (Å²) in [5, 5.41) is 13.4. The maximum atomic E-state index is 12.0. The minimum absolute atomic E-state index is 0.337. The van der Waals surface area contributed by atoms with E-state index in [1.807, 2.05) is 49.4 Å². The van der Waals surface area contributed by atoms with Crippen molar-refractivity contribution in [2.24, 2.45) is 10.2 Å². The molecular weight excluding hydrogens is 360 g/mol. The van der Waals surface area contributed by atoms with Gasteiger partial charge in [-0.05, 0) is 55.5 Å². The predicted molar refractivity (Wildman–Crippen MR) is 107 cm³/mol. The molecular formula is C20H18N4O2S. The number of nitrogens with one attached hydrogen (secondary N) is 2. The number of hydrogen-bond donors (Lipinski definition) is 2. The lowest BCUT2D eigenvalue weighted by molar-refractivity contribution is -0.136. The van der Waals surface area contributed by atoms with Crippen LogP contribution in [0.3, 0.4) is 0 Å². The van der Waals surface area contributed by atoms with E-state index in [-0.39, 0.29) is 0 Å². The molecule has 0 fully saturated rings. The summed E-state index contributed by atoms with van der Waals surface area (Å²) in [4.78, 5) is 26.0. The normalized spacial score (nSPS) is 10.7. The van der Waals surface area contributed by atoms with Gasteiger partial charge in [-0.3, -0.25) is 9.59 Å². The molecule has 3 rings (SSSR count). The highest BCUT2D eigenvalue weighted by molar-refractivity contribution is 7.11. The molecule has 6 nitrogen and oxygen atoms in total. The Labute approximate surface area is 161 Å². The summed E-state index contributed by atoms with van der Waals surface area (Å²) in [5.74, 6) is -1.38. The second-order valence-corrected chi connectivity index (χ2v) is 7.10. The van der Waals surface area contributed by atoms with Crippen molar-refractivity contribution >= 4 is 40.2 Å². The van der Waals surface area contributed by atoms with Gasteiger partial charge in [0, 0.05) is 15.4 Å². The lowest BCUT2D eigenvalue weighted by Gasteiger charge is -2.06. The highest BCUT2D eigenvalue weighted by atomic mass is 32.1. The van der Waals surface area contributed by atoms with Crippen molar-refractivity contribution in [3.63, 3.8) is 0 Å². The van der Waals surface area contributed by atoms with Gasteiger partial charge < -0.3 is 10.6 Å². The molecule has 0 saturated carbocycles.